The zero-order valence-electron chi connectivity index (χ0n) is 9.03. The normalized spacial score (nSPS) is 17.9. The van der Waals surface area contributed by atoms with E-state index in [4.69, 9.17) is 4.74 Å². The predicted octanol–water partition coefficient (Wildman–Crippen LogP) is 0.724. The number of allylic oxidation sites excluding steroid dienone is 1. The number of ether oxygens (including phenoxy) is 1. The highest BCUT2D eigenvalue weighted by Gasteiger charge is 2.14. The minimum absolute atomic E-state index is 0.0144. The Kier molecular flexibility index (Phi) is 4.30. The smallest absolute Gasteiger partial charge is 0.421 e. The molecule has 15 heavy (non-hydrogen) atoms. The second kappa shape index (κ2) is 5.50. The first-order valence-corrected chi connectivity index (χ1v) is 4.98. The lowest BCUT2D eigenvalue weighted by Gasteiger charge is -2.25. The summed E-state index contributed by atoms with van der Waals surface area (Å²) in [7, 11) is 0. The number of ketones is 1. The van der Waals surface area contributed by atoms with Crippen LogP contribution < -0.4 is 5.43 Å². The van der Waals surface area contributed by atoms with Crippen molar-refractivity contribution in [3.8, 4) is 0 Å². The Hall–Kier alpha value is -1.36. The largest absolute Gasteiger partial charge is 0.447 e. The van der Waals surface area contributed by atoms with Gasteiger partial charge in [-0.3, -0.25) is 10.2 Å². The van der Waals surface area contributed by atoms with Crippen LogP contribution in [0.15, 0.2) is 12.2 Å². The molecule has 1 rings (SSSR count). The Bertz CT molecular complexity index is 274. The van der Waals surface area contributed by atoms with Gasteiger partial charge in [-0.05, 0) is 6.08 Å². The lowest BCUT2D eigenvalue weighted by Crippen LogP contribution is -2.49. The minimum atomic E-state index is -0.440. The molecule has 0 aliphatic carbocycles. The van der Waals surface area contributed by atoms with E-state index in [2.05, 4.69) is 5.43 Å². The third-order valence-electron chi connectivity index (χ3n) is 2.02. The maximum absolute atomic E-state index is 11.2. The minimum Gasteiger partial charge on any atom is -0.447 e. The Morgan fingerprint density at radius 1 is 1.67 bits per heavy atom. The molecule has 0 saturated carbocycles. The predicted molar refractivity (Wildman–Crippen MR) is 55.0 cm³/mol. The van der Waals surface area contributed by atoms with Crippen LogP contribution in [-0.4, -0.2) is 36.6 Å². The average Bonchev–Trinajstić information content (AvgIpc) is 2.17. The summed E-state index contributed by atoms with van der Waals surface area (Å²) in [4.78, 5) is 22.0. The van der Waals surface area contributed by atoms with E-state index in [-0.39, 0.29) is 11.7 Å². The van der Waals surface area contributed by atoms with E-state index < -0.39 is 6.09 Å². The van der Waals surface area contributed by atoms with Gasteiger partial charge < -0.3 is 4.74 Å². The second-order valence-electron chi connectivity index (χ2n) is 3.65. The number of amides is 1. The highest BCUT2D eigenvalue weighted by molar-refractivity contribution is 5.91. The van der Waals surface area contributed by atoms with Crippen molar-refractivity contribution >= 4 is 11.9 Å². The number of cyclic esters (lactones) is 1. The van der Waals surface area contributed by atoms with E-state index in [0.717, 1.165) is 0 Å². The molecule has 0 radical (unpaired) electrons. The first kappa shape index (κ1) is 11.7. The Balaban J connectivity index is 2.30. The summed E-state index contributed by atoms with van der Waals surface area (Å²) in [6.45, 7) is 5.24. The van der Waals surface area contributed by atoms with E-state index in [1.54, 1.807) is 17.2 Å². The second-order valence-corrected chi connectivity index (χ2v) is 3.65. The van der Waals surface area contributed by atoms with Crippen molar-refractivity contribution in [2.24, 2.45) is 5.92 Å². The van der Waals surface area contributed by atoms with Gasteiger partial charge >= 0.3 is 6.09 Å². The molecule has 1 N–H and O–H groups in total. The van der Waals surface area contributed by atoms with Gasteiger partial charge in [0.05, 0.1) is 6.54 Å². The van der Waals surface area contributed by atoms with Gasteiger partial charge in [-0.25, -0.2) is 9.80 Å². The van der Waals surface area contributed by atoms with Crippen LogP contribution in [-0.2, 0) is 9.53 Å². The molecule has 1 aliphatic rings. The van der Waals surface area contributed by atoms with Crippen LogP contribution in [0.4, 0.5) is 4.79 Å². The highest BCUT2D eigenvalue weighted by atomic mass is 16.6. The Morgan fingerprint density at radius 3 is 3.00 bits per heavy atom. The molecule has 5 heteroatoms. The summed E-state index contributed by atoms with van der Waals surface area (Å²) >= 11 is 0. The SMILES string of the molecule is CC(C)C(=O)/C=C/CN1CCOC(=O)N1. The number of hydrogen-bond donors (Lipinski definition) is 1. The van der Waals surface area contributed by atoms with Crippen LogP contribution in [0.1, 0.15) is 13.8 Å². The molecule has 1 aliphatic heterocycles. The molecular weight excluding hydrogens is 196 g/mol. The van der Waals surface area contributed by atoms with Crippen LogP contribution in [0.2, 0.25) is 0 Å². The first-order chi connectivity index (χ1) is 7.09. The van der Waals surface area contributed by atoms with Crippen molar-refractivity contribution in [3.05, 3.63) is 12.2 Å². The van der Waals surface area contributed by atoms with Crippen LogP contribution >= 0.6 is 0 Å². The van der Waals surface area contributed by atoms with Gasteiger partial charge in [0.25, 0.3) is 0 Å². The number of carbonyl (C=O) groups excluding carboxylic acids is 2. The lowest BCUT2D eigenvalue weighted by atomic mass is 10.1. The highest BCUT2D eigenvalue weighted by Crippen LogP contribution is 1.97. The van der Waals surface area contributed by atoms with Crippen molar-refractivity contribution in [2.45, 2.75) is 13.8 Å². The van der Waals surface area contributed by atoms with Crippen LogP contribution in [0.5, 0.6) is 0 Å². The molecule has 84 valence electrons. The molecule has 0 spiro atoms. The number of nitrogens with one attached hydrogen (secondary N) is 1. The zero-order chi connectivity index (χ0) is 11.3. The summed E-state index contributed by atoms with van der Waals surface area (Å²) in [5.74, 6) is 0.107. The van der Waals surface area contributed by atoms with E-state index in [1.807, 2.05) is 13.8 Å². The van der Waals surface area contributed by atoms with Gasteiger partial charge in [0.15, 0.2) is 5.78 Å². The van der Waals surface area contributed by atoms with Crippen molar-refractivity contribution < 1.29 is 14.3 Å². The first-order valence-electron chi connectivity index (χ1n) is 4.98. The molecule has 5 nitrogen and oxygen atoms in total. The maximum Gasteiger partial charge on any atom is 0.421 e. The zero-order valence-corrected chi connectivity index (χ0v) is 9.03. The molecule has 0 aromatic rings. The fourth-order valence-electron chi connectivity index (χ4n) is 1.09. The Labute approximate surface area is 89.0 Å². The van der Waals surface area contributed by atoms with Gasteiger partial charge in [0, 0.05) is 12.5 Å². The summed E-state index contributed by atoms with van der Waals surface area (Å²) in [5, 5.41) is 1.70. The van der Waals surface area contributed by atoms with Crippen molar-refractivity contribution in [1.29, 1.82) is 0 Å². The van der Waals surface area contributed by atoms with Gasteiger partial charge in [-0.1, -0.05) is 19.9 Å². The van der Waals surface area contributed by atoms with E-state index in [9.17, 15) is 9.59 Å². The number of rotatable bonds is 4. The molecule has 1 amide bonds. The molecule has 1 heterocycles. The quantitative estimate of drug-likeness (QED) is 0.698. The van der Waals surface area contributed by atoms with Crippen molar-refractivity contribution in [1.82, 2.24) is 10.4 Å². The van der Waals surface area contributed by atoms with Crippen LogP contribution in [0.25, 0.3) is 0 Å². The standard InChI is InChI=1S/C10H16N2O3/c1-8(2)9(13)4-3-5-12-6-7-15-10(14)11-12/h3-4,8H,5-7H2,1-2H3,(H,11,14)/b4-3+. The number of hydrazine groups is 1. The molecule has 1 fully saturated rings. The summed E-state index contributed by atoms with van der Waals surface area (Å²) in [6.07, 6.45) is 2.85. The topological polar surface area (TPSA) is 58.6 Å². The van der Waals surface area contributed by atoms with Crippen LogP contribution in [0.3, 0.4) is 0 Å². The van der Waals surface area contributed by atoms with Crippen molar-refractivity contribution in [2.75, 3.05) is 19.7 Å². The number of nitrogens with zero attached hydrogens (tertiary/aromatic N) is 1. The molecular formula is C10H16N2O3. The fourth-order valence-corrected chi connectivity index (χ4v) is 1.09. The van der Waals surface area contributed by atoms with Gasteiger partial charge in [0.1, 0.15) is 6.61 Å². The van der Waals surface area contributed by atoms with E-state index >= 15 is 0 Å². The molecule has 0 aromatic carbocycles. The van der Waals surface area contributed by atoms with Crippen molar-refractivity contribution in [3.63, 3.8) is 0 Å². The molecule has 0 bridgehead atoms. The lowest BCUT2D eigenvalue weighted by molar-refractivity contribution is -0.117. The fraction of sp³-hybridized carbons (Fsp3) is 0.600. The summed E-state index contributed by atoms with van der Waals surface area (Å²) in [5.41, 5.74) is 2.53. The number of carbonyl (C=O) groups is 2. The van der Waals surface area contributed by atoms with Gasteiger partial charge in [0.2, 0.25) is 0 Å². The third kappa shape index (κ3) is 4.12. The van der Waals surface area contributed by atoms with Gasteiger partial charge in [-0.15, -0.1) is 0 Å². The summed E-state index contributed by atoms with van der Waals surface area (Å²) in [6, 6.07) is 0. The molecule has 0 aromatic heterocycles. The third-order valence-corrected chi connectivity index (χ3v) is 2.02. The molecule has 0 unspecified atom stereocenters. The van der Waals surface area contributed by atoms with Gasteiger partial charge in [-0.2, -0.15) is 0 Å². The van der Waals surface area contributed by atoms with E-state index in [1.165, 1.54) is 0 Å². The monoisotopic (exact) mass is 212 g/mol. The summed E-state index contributed by atoms with van der Waals surface area (Å²) < 4.78 is 4.69. The van der Waals surface area contributed by atoms with E-state index in [0.29, 0.717) is 19.7 Å². The number of hydrogen-bond acceptors (Lipinski definition) is 4. The average molecular weight is 212 g/mol. The maximum atomic E-state index is 11.2. The van der Waals surface area contributed by atoms with Crippen LogP contribution in [0, 0.1) is 5.92 Å². The Morgan fingerprint density at radius 2 is 2.40 bits per heavy atom. The molecule has 0 atom stereocenters. The molecule has 1 saturated heterocycles.